The summed E-state index contributed by atoms with van der Waals surface area (Å²) in [4.78, 5) is 14.3. The van der Waals surface area contributed by atoms with Crippen molar-refractivity contribution in [2.75, 3.05) is 12.8 Å². The molecule has 0 spiro atoms. The molecular weight excluding hydrogens is 260 g/mol. The Labute approximate surface area is 126 Å². The summed E-state index contributed by atoms with van der Waals surface area (Å²) >= 11 is 0. The largest absolute Gasteiger partial charge is 0.398 e. The quantitative estimate of drug-likeness (QED) is 0.876. The van der Waals surface area contributed by atoms with Crippen LogP contribution in [0.5, 0.6) is 0 Å². The molecule has 2 rings (SSSR count). The van der Waals surface area contributed by atoms with Gasteiger partial charge in [0, 0.05) is 19.3 Å². The molecule has 21 heavy (non-hydrogen) atoms. The maximum absolute atomic E-state index is 12.6. The summed E-state index contributed by atoms with van der Waals surface area (Å²) in [7, 11) is 1.81. The van der Waals surface area contributed by atoms with E-state index in [2.05, 4.69) is 32.0 Å². The summed E-state index contributed by atoms with van der Waals surface area (Å²) in [6.07, 6.45) is 0. The van der Waals surface area contributed by atoms with Crippen LogP contribution in [0.4, 0.5) is 5.69 Å². The molecule has 2 aromatic carbocycles. The highest BCUT2D eigenvalue weighted by atomic mass is 16.2. The molecule has 0 fully saturated rings. The Morgan fingerprint density at radius 1 is 1.10 bits per heavy atom. The lowest BCUT2D eigenvalue weighted by atomic mass is 10.0. The highest BCUT2D eigenvalue weighted by Gasteiger charge is 2.17. The van der Waals surface area contributed by atoms with Crippen LogP contribution in [-0.2, 0) is 6.54 Å². The van der Waals surface area contributed by atoms with E-state index in [9.17, 15) is 4.79 Å². The van der Waals surface area contributed by atoms with Crippen LogP contribution < -0.4 is 5.73 Å². The molecule has 3 heteroatoms. The molecule has 0 radical (unpaired) electrons. The van der Waals surface area contributed by atoms with Crippen molar-refractivity contribution >= 4 is 11.6 Å². The van der Waals surface area contributed by atoms with E-state index in [1.165, 1.54) is 11.1 Å². The van der Waals surface area contributed by atoms with Crippen LogP contribution in [-0.4, -0.2) is 17.9 Å². The molecular formula is C18H22N2O. The zero-order valence-corrected chi connectivity index (χ0v) is 13.1. The first-order chi connectivity index (χ1) is 9.90. The fourth-order valence-corrected chi connectivity index (χ4v) is 2.52. The standard InChI is InChI=1S/C18H22N2O/c1-12-8-9-15(14(3)10-12)11-20(4)18(21)17-13(2)6-5-7-16(17)19/h5-10H,11,19H2,1-4H3. The van der Waals surface area contributed by atoms with Gasteiger partial charge in [0.2, 0.25) is 0 Å². The lowest BCUT2D eigenvalue weighted by molar-refractivity contribution is 0.0785. The number of aryl methyl sites for hydroxylation is 3. The fraction of sp³-hybridized carbons (Fsp3) is 0.278. The van der Waals surface area contributed by atoms with E-state index < -0.39 is 0 Å². The summed E-state index contributed by atoms with van der Waals surface area (Å²) in [6, 6.07) is 11.8. The molecule has 3 nitrogen and oxygen atoms in total. The van der Waals surface area contributed by atoms with Crippen LogP contribution in [0.1, 0.15) is 32.6 Å². The average Bonchev–Trinajstić information content (AvgIpc) is 2.41. The number of benzene rings is 2. The monoisotopic (exact) mass is 282 g/mol. The van der Waals surface area contributed by atoms with Crippen LogP contribution in [0.25, 0.3) is 0 Å². The molecule has 0 saturated carbocycles. The molecule has 0 atom stereocenters. The number of amides is 1. The fourth-order valence-electron chi connectivity index (χ4n) is 2.52. The Morgan fingerprint density at radius 2 is 1.81 bits per heavy atom. The summed E-state index contributed by atoms with van der Waals surface area (Å²) in [5.74, 6) is -0.0365. The number of nitrogens with zero attached hydrogens (tertiary/aromatic N) is 1. The molecule has 0 aliphatic carbocycles. The van der Waals surface area contributed by atoms with Crippen LogP contribution in [0.3, 0.4) is 0 Å². The summed E-state index contributed by atoms with van der Waals surface area (Å²) in [5, 5.41) is 0. The minimum atomic E-state index is -0.0365. The van der Waals surface area contributed by atoms with E-state index >= 15 is 0 Å². The Morgan fingerprint density at radius 3 is 2.43 bits per heavy atom. The maximum Gasteiger partial charge on any atom is 0.256 e. The Hall–Kier alpha value is -2.29. The third-order valence-electron chi connectivity index (χ3n) is 3.77. The van der Waals surface area contributed by atoms with Gasteiger partial charge in [-0.15, -0.1) is 0 Å². The molecule has 0 aliphatic rings. The lowest BCUT2D eigenvalue weighted by Crippen LogP contribution is -2.28. The summed E-state index contributed by atoms with van der Waals surface area (Å²) in [5.41, 5.74) is 11.6. The van der Waals surface area contributed by atoms with Crippen LogP contribution in [0.15, 0.2) is 36.4 Å². The van der Waals surface area contributed by atoms with Gasteiger partial charge in [-0.25, -0.2) is 0 Å². The molecule has 1 amide bonds. The van der Waals surface area contributed by atoms with Crippen molar-refractivity contribution in [3.05, 3.63) is 64.2 Å². The van der Waals surface area contributed by atoms with Crippen molar-refractivity contribution in [3.63, 3.8) is 0 Å². The average molecular weight is 282 g/mol. The minimum absolute atomic E-state index is 0.0365. The lowest BCUT2D eigenvalue weighted by Gasteiger charge is -2.20. The van der Waals surface area contributed by atoms with Gasteiger partial charge in [-0.1, -0.05) is 35.9 Å². The molecule has 0 bridgehead atoms. The third-order valence-corrected chi connectivity index (χ3v) is 3.77. The topological polar surface area (TPSA) is 46.3 Å². The van der Waals surface area contributed by atoms with Crippen molar-refractivity contribution in [3.8, 4) is 0 Å². The summed E-state index contributed by atoms with van der Waals surface area (Å²) in [6.45, 7) is 6.63. The maximum atomic E-state index is 12.6. The van der Waals surface area contributed by atoms with Gasteiger partial charge in [0.25, 0.3) is 5.91 Å². The second-order valence-corrected chi connectivity index (χ2v) is 5.63. The normalized spacial score (nSPS) is 10.5. The smallest absolute Gasteiger partial charge is 0.256 e. The zero-order valence-electron chi connectivity index (χ0n) is 13.1. The predicted molar refractivity (Wildman–Crippen MR) is 87.3 cm³/mol. The van der Waals surface area contributed by atoms with E-state index in [0.717, 1.165) is 11.1 Å². The Kier molecular flexibility index (Phi) is 4.32. The Bertz CT molecular complexity index is 657. The number of anilines is 1. The number of carbonyl (C=O) groups is 1. The van der Waals surface area contributed by atoms with Crippen molar-refractivity contribution in [2.24, 2.45) is 0 Å². The van der Waals surface area contributed by atoms with Crippen molar-refractivity contribution in [1.29, 1.82) is 0 Å². The van der Waals surface area contributed by atoms with Gasteiger partial charge in [-0.05, 0) is 43.5 Å². The van der Waals surface area contributed by atoms with Crippen LogP contribution >= 0.6 is 0 Å². The number of hydrogen-bond acceptors (Lipinski definition) is 2. The Balaban J connectivity index is 2.24. The molecule has 0 saturated heterocycles. The number of hydrogen-bond donors (Lipinski definition) is 1. The predicted octanol–water partition coefficient (Wildman–Crippen LogP) is 3.47. The van der Waals surface area contributed by atoms with Crippen molar-refractivity contribution in [1.82, 2.24) is 4.90 Å². The first-order valence-electron chi connectivity index (χ1n) is 7.07. The van der Waals surface area contributed by atoms with Gasteiger partial charge in [-0.3, -0.25) is 4.79 Å². The minimum Gasteiger partial charge on any atom is -0.398 e. The summed E-state index contributed by atoms with van der Waals surface area (Å²) < 4.78 is 0. The molecule has 0 aromatic heterocycles. The van der Waals surface area contributed by atoms with E-state index in [1.807, 2.05) is 26.1 Å². The first kappa shape index (κ1) is 15.1. The molecule has 0 unspecified atom stereocenters. The number of nitrogen functional groups attached to an aromatic ring is 1. The van der Waals surface area contributed by atoms with Gasteiger partial charge in [0.1, 0.15) is 0 Å². The first-order valence-corrected chi connectivity index (χ1v) is 7.07. The zero-order chi connectivity index (χ0) is 15.6. The van der Waals surface area contributed by atoms with Crippen molar-refractivity contribution < 1.29 is 4.79 Å². The highest BCUT2D eigenvalue weighted by molar-refractivity contribution is 6.00. The second kappa shape index (κ2) is 6.00. The molecule has 0 aliphatic heterocycles. The van der Waals surface area contributed by atoms with Crippen LogP contribution in [0.2, 0.25) is 0 Å². The van der Waals surface area contributed by atoms with Crippen LogP contribution in [0, 0.1) is 20.8 Å². The van der Waals surface area contributed by atoms with Gasteiger partial charge in [-0.2, -0.15) is 0 Å². The molecule has 0 heterocycles. The van der Waals surface area contributed by atoms with Crippen molar-refractivity contribution in [2.45, 2.75) is 27.3 Å². The highest BCUT2D eigenvalue weighted by Crippen LogP contribution is 2.20. The van der Waals surface area contributed by atoms with E-state index in [1.54, 1.807) is 11.0 Å². The molecule has 2 N–H and O–H groups in total. The molecule has 2 aromatic rings. The third kappa shape index (κ3) is 3.24. The van der Waals surface area contributed by atoms with E-state index in [-0.39, 0.29) is 5.91 Å². The number of rotatable bonds is 3. The number of nitrogens with two attached hydrogens (primary N) is 1. The van der Waals surface area contributed by atoms with E-state index in [4.69, 9.17) is 5.73 Å². The number of carbonyl (C=O) groups excluding carboxylic acids is 1. The van der Waals surface area contributed by atoms with E-state index in [0.29, 0.717) is 17.8 Å². The molecule has 110 valence electrons. The van der Waals surface area contributed by atoms with Gasteiger partial charge in [0.05, 0.1) is 5.56 Å². The SMILES string of the molecule is Cc1ccc(CN(C)C(=O)c2c(C)cccc2N)c(C)c1. The second-order valence-electron chi connectivity index (χ2n) is 5.63. The van der Waals surface area contributed by atoms with Gasteiger partial charge < -0.3 is 10.6 Å². The van der Waals surface area contributed by atoms with Gasteiger partial charge >= 0.3 is 0 Å². The van der Waals surface area contributed by atoms with Gasteiger partial charge in [0.15, 0.2) is 0 Å².